The number of aryl methyl sites for hydroxylation is 3. The standard InChI is InChI=1S/C20H30N6O/c1-6-21-20(22-12-19-24-23-16(4)25(19)5)26-9-10-27-18(13-26)17-8-7-14(2)11-15(17)3/h7-8,11,18H,6,9-10,12-13H2,1-5H3,(H,21,22). The molecule has 1 saturated heterocycles. The van der Waals surface area contributed by atoms with E-state index in [-0.39, 0.29) is 6.10 Å². The molecule has 2 aromatic rings. The van der Waals surface area contributed by atoms with Gasteiger partial charge in [0.2, 0.25) is 0 Å². The molecule has 146 valence electrons. The Bertz CT molecular complexity index is 813. The quantitative estimate of drug-likeness (QED) is 0.661. The molecule has 1 unspecified atom stereocenters. The van der Waals surface area contributed by atoms with E-state index in [1.165, 1.54) is 16.7 Å². The molecule has 0 spiro atoms. The lowest BCUT2D eigenvalue weighted by Gasteiger charge is -2.36. The SMILES string of the molecule is CCNC(=NCc1nnc(C)n1C)N1CCOC(c2ccc(C)cc2C)C1. The Hall–Kier alpha value is -2.41. The molecule has 0 amide bonds. The lowest BCUT2D eigenvalue weighted by Crippen LogP contribution is -2.48. The fraction of sp³-hybridized carbons (Fsp3) is 0.550. The van der Waals surface area contributed by atoms with Gasteiger partial charge >= 0.3 is 0 Å². The molecule has 3 rings (SSSR count). The van der Waals surface area contributed by atoms with Crippen LogP contribution < -0.4 is 5.32 Å². The van der Waals surface area contributed by atoms with E-state index in [2.05, 4.69) is 59.4 Å². The summed E-state index contributed by atoms with van der Waals surface area (Å²) in [4.78, 5) is 7.08. The first kappa shape index (κ1) is 19.4. The number of hydrogen-bond donors (Lipinski definition) is 1. The topological polar surface area (TPSA) is 67.6 Å². The molecule has 1 N–H and O–H groups in total. The lowest BCUT2D eigenvalue weighted by molar-refractivity contribution is -0.00835. The molecule has 1 atom stereocenters. The van der Waals surface area contributed by atoms with Crippen molar-refractivity contribution in [1.29, 1.82) is 0 Å². The maximum atomic E-state index is 6.08. The molecule has 0 saturated carbocycles. The van der Waals surface area contributed by atoms with Crippen molar-refractivity contribution in [2.45, 2.75) is 40.3 Å². The molecule has 1 aliphatic rings. The van der Waals surface area contributed by atoms with Crippen molar-refractivity contribution < 1.29 is 4.74 Å². The van der Waals surface area contributed by atoms with Crippen LogP contribution >= 0.6 is 0 Å². The highest BCUT2D eigenvalue weighted by Crippen LogP contribution is 2.26. The lowest BCUT2D eigenvalue weighted by atomic mass is 10.00. The third kappa shape index (κ3) is 4.47. The number of aromatic nitrogens is 3. The van der Waals surface area contributed by atoms with Crippen molar-refractivity contribution in [2.24, 2.45) is 12.0 Å². The molecular weight excluding hydrogens is 340 g/mol. The Morgan fingerprint density at radius 3 is 2.78 bits per heavy atom. The van der Waals surface area contributed by atoms with Crippen LogP contribution in [0.4, 0.5) is 0 Å². The van der Waals surface area contributed by atoms with Crippen molar-refractivity contribution in [2.75, 3.05) is 26.2 Å². The number of benzene rings is 1. The molecule has 0 aliphatic carbocycles. The Kier molecular flexibility index (Phi) is 6.11. The van der Waals surface area contributed by atoms with Gasteiger partial charge in [-0.25, -0.2) is 4.99 Å². The Balaban J connectivity index is 1.76. The number of hydrogen-bond acceptors (Lipinski definition) is 4. The number of aliphatic imine (C=N–C) groups is 1. The van der Waals surface area contributed by atoms with Gasteiger partial charge in [-0.05, 0) is 38.8 Å². The number of rotatable bonds is 4. The first-order valence-electron chi connectivity index (χ1n) is 9.56. The molecule has 1 aliphatic heterocycles. The van der Waals surface area contributed by atoms with Crippen LogP contribution in [0.25, 0.3) is 0 Å². The van der Waals surface area contributed by atoms with Crippen LogP contribution in [-0.4, -0.2) is 51.9 Å². The van der Waals surface area contributed by atoms with E-state index >= 15 is 0 Å². The van der Waals surface area contributed by atoms with Gasteiger partial charge in [0.1, 0.15) is 18.5 Å². The second-order valence-corrected chi connectivity index (χ2v) is 7.06. The molecule has 1 aromatic carbocycles. The van der Waals surface area contributed by atoms with Gasteiger partial charge in [0.05, 0.1) is 13.2 Å². The van der Waals surface area contributed by atoms with Crippen LogP contribution in [0, 0.1) is 20.8 Å². The zero-order valence-corrected chi connectivity index (χ0v) is 17.0. The van der Waals surface area contributed by atoms with E-state index in [0.29, 0.717) is 13.2 Å². The van der Waals surface area contributed by atoms with E-state index in [9.17, 15) is 0 Å². The van der Waals surface area contributed by atoms with Gasteiger partial charge in [-0.15, -0.1) is 10.2 Å². The minimum Gasteiger partial charge on any atom is -0.370 e. The van der Waals surface area contributed by atoms with E-state index in [1.54, 1.807) is 0 Å². The molecule has 0 bridgehead atoms. The van der Waals surface area contributed by atoms with Gasteiger partial charge in [0.25, 0.3) is 0 Å². The first-order chi connectivity index (χ1) is 13.0. The molecule has 7 nitrogen and oxygen atoms in total. The van der Waals surface area contributed by atoms with Crippen LogP contribution in [0.1, 0.15) is 41.4 Å². The van der Waals surface area contributed by atoms with Gasteiger partial charge < -0.3 is 19.5 Å². The number of morpholine rings is 1. The summed E-state index contributed by atoms with van der Waals surface area (Å²) in [6, 6.07) is 6.55. The van der Waals surface area contributed by atoms with Gasteiger partial charge in [0.15, 0.2) is 11.8 Å². The fourth-order valence-electron chi connectivity index (χ4n) is 3.38. The van der Waals surface area contributed by atoms with Crippen molar-refractivity contribution in [3.8, 4) is 0 Å². The monoisotopic (exact) mass is 370 g/mol. The normalized spacial score (nSPS) is 18.0. The average molecular weight is 371 g/mol. The zero-order valence-electron chi connectivity index (χ0n) is 17.0. The molecule has 0 radical (unpaired) electrons. The fourth-order valence-corrected chi connectivity index (χ4v) is 3.38. The van der Waals surface area contributed by atoms with Crippen LogP contribution in [0.5, 0.6) is 0 Å². The number of nitrogens with zero attached hydrogens (tertiary/aromatic N) is 5. The zero-order chi connectivity index (χ0) is 19.4. The number of nitrogens with one attached hydrogen (secondary N) is 1. The van der Waals surface area contributed by atoms with E-state index in [1.807, 2.05) is 18.5 Å². The number of guanidine groups is 1. The van der Waals surface area contributed by atoms with Gasteiger partial charge in [-0.2, -0.15) is 0 Å². The second-order valence-electron chi connectivity index (χ2n) is 7.06. The van der Waals surface area contributed by atoms with Crippen LogP contribution in [-0.2, 0) is 18.3 Å². The van der Waals surface area contributed by atoms with Crippen LogP contribution in [0.3, 0.4) is 0 Å². The summed E-state index contributed by atoms with van der Waals surface area (Å²) in [6.45, 7) is 11.9. The minimum absolute atomic E-state index is 0.0558. The van der Waals surface area contributed by atoms with Crippen molar-refractivity contribution in [1.82, 2.24) is 25.0 Å². The predicted octanol–water partition coefficient (Wildman–Crippen LogP) is 2.28. The summed E-state index contributed by atoms with van der Waals surface area (Å²) in [6.07, 6.45) is 0.0558. The van der Waals surface area contributed by atoms with Crippen molar-refractivity contribution in [3.63, 3.8) is 0 Å². The van der Waals surface area contributed by atoms with Crippen molar-refractivity contribution >= 4 is 5.96 Å². The maximum Gasteiger partial charge on any atom is 0.194 e. The Morgan fingerprint density at radius 1 is 1.30 bits per heavy atom. The third-order valence-electron chi connectivity index (χ3n) is 5.03. The molecule has 7 heteroatoms. The van der Waals surface area contributed by atoms with E-state index in [4.69, 9.17) is 9.73 Å². The molecule has 1 fully saturated rings. The predicted molar refractivity (Wildman–Crippen MR) is 107 cm³/mol. The summed E-state index contributed by atoms with van der Waals surface area (Å²) in [5.74, 6) is 2.66. The highest BCUT2D eigenvalue weighted by Gasteiger charge is 2.25. The maximum absolute atomic E-state index is 6.08. The van der Waals surface area contributed by atoms with E-state index in [0.717, 1.165) is 37.2 Å². The highest BCUT2D eigenvalue weighted by molar-refractivity contribution is 5.80. The van der Waals surface area contributed by atoms with Crippen LogP contribution in [0.2, 0.25) is 0 Å². The smallest absolute Gasteiger partial charge is 0.194 e. The highest BCUT2D eigenvalue weighted by atomic mass is 16.5. The number of ether oxygens (including phenoxy) is 1. The Morgan fingerprint density at radius 2 is 2.11 bits per heavy atom. The average Bonchev–Trinajstić information content (AvgIpc) is 2.97. The molecule has 2 heterocycles. The first-order valence-corrected chi connectivity index (χ1v) is 9.56. The summed E-state index contributed by atoms with van der Waals surface area (Å²) in [5.41, 5.74) is 3.81. The van der Waals surface area contributed by atoms with Gasteiger partial charge in [-0.3, -0.25) is 0 Å². The van der Waals surface area contributed by atoms with Crippen LogP contribution in [0.15, 0.2) is 23.2 Å². The van der Waals surface area contributed by atoms with Gasteiger partial charge in [-0.1, -0.05) is 23.8 Å². The third-order valence-corrected chi connectivity index (χ3v) is 5.03. The molecule has 1 aromatic heterocycles. The Labute approximate surface area is 161 Å². The largest absolute Gasteiger partial charge is 0.370 e. The summed E-state index contributed by atoms with van der Waals surface area (Å²) >= 11 is 0. The summed E-state index contributed by atoms with van der Waals surface area (Å²) in [7, 11) is 1.97. The molecule has 27 heavy (non-hydrogen) atoms. The summed E-state index contributed by atoms with van der Waals surface area (Å²) < 4.78 is 8.05. The van der Waals surface area contributed by atoms with Crippen molar-refractivity contribution in [3.05, 3.63) is 46.5 Å². The second kappa shape index (κ2) is 8.52. The van der Waals surface area contributed by atoms with Gasteiger partial charge in [0, 0.05) is 20.1 Å². The summed E-state index contributed by atoms with van der Waals surface area (Å²) in [5, 5.41) is 11.7. The molecular formula is C20H30N6O. The van der Waals surface area contributed by atoms with E-state index < -0.39 is 0 Å². The minimum atomic E-state index is 0.0558.